The first kappa shape index (κ1) is 12.1. The van der Waals surface area contributed by atoms with E-state index >= 15 is 0 Å². The highest BCUT2D eigenvalue weighted by Crippen LogP contribution is 2.31. The monoisotopic (exact) mass is 270 g/mol. The van der Waals surface area contributed by atoms with Crippen LogP contribution in [0.2, 0.25) is 10.0 Å². The number of nitrogen functional groups attached to an aromatic ring is 1. The molecule has 0 atom stereocenters. The number of aromatic nitrogens is 2. The Morgan fingerprint density at radius 2 is 2.06 bits per heavy atom. The highest BCUT2D eigenvalue weighted by molar-refractivity contribution is 6.36. The van der Waals surface area contributed by atoms with E-state index < -0.39 is 0 Å². The van der Waals surface area contributed by atoms with Gasteiger partial charge in [-0.2, -0.15) is 5.10 Å². The number of halogens is 2. The van der Waals surface area contributed by atoms with Crippen molar-refractivity contribution in [1.29, 1.82) is 0 Å². The van der Waals surface area contributed by atoms with E-state index in [1.54, 1.807) is 22.9 Å². The number of benzene rings is 1. The van der Waals surface area contributed by atoms with Gasteiger partial charge in [-0.15, -0.1) is 0 Å². The molecule has 2 aromatic rings. The van der Waals surface area contributed by atoms with E-state index in [-0.39, 0.29) is 0 Å². The van der Waals surface area contributed by atoms with E-state index in [2.05, 4.69) is 10.4 Å². The summed E-state index contributed by atoms with van der Waals surface area (Å²) in [6.45, 7) is 1.85. The molecule has 6 heteroatoms. The van der Waals surface area contributed by atoms with Crippen LogP contribution in [-0.2, 0) is 7.05 Å². The number of nitrogens with one attached hydrogen (secondary N) is 1. The first-order valence-electron chi connectivity index (χ1n) is 5.00. The second kappa shape index (κ2) is 4.47. The minimum atomic E-state index is 0.538. The molecule has 0 aliphatic rings. The molecule has 0 fully saturated rings. The zero-order valence-electron chi connectivity index (χ0n) is 9.46. The summed E-state index contributed by atoms with van der Waals surface area (Å²) >= 11 is 11.9. The molecule has 3 N–H and O–H groups in total. The molecule has 0 spiro atoms. The standard InChI is InChI=1S/C11H12Cl2N4/c1-6-10(14)11(17(2)16-6)15-9-4-3-7(12)5-8(9)13/h3-5,15H,14H2,1-2H3. The summed E-state index contributed by atoms with van der Waals surface area (Å²) in [7, 11) is 1.81. The van der Waals surface area contributed by atoms with E-state index in [1.807, 2.05) is 14.0 Å². The van der Waals surface area contributed by atoms with Crippen LogP contribution in [0.4, 0.5) is 17.2 Å². The molecule has 1 aromatic carbocycles. The lowest BCUT2D eigenvalue weighted by Gasteiger charge is -2.09. The zero-order valence-corrected chi connectivity index (χ0v) is 11.0. The van der Waals surface area contributed by atoms with Crippen molar-refractivity contribution in [3.05, 3.63) is 33.9 Å². The number of hydrogen-bond donors (Lipinski definition) is 2. The molecular weight excluding hydrogens is 259 g/mol. The molecule has 90 valence electrons. The average molecular weight is 271 g/mol. The highest BCUT2D eigenvalue weighted by atomic mass is 35.5. The van der Waals surface area contributed by atoms with Gasteiger partial charge in [0.15, 0.2) is 5.82 Å². The number of nitrogens with zero attached hydrogens (tertiary/aromatic N) is 2. The van der Waals surface area contributed by atoms with Crippen molar-refractivity contribution in [3.63, 3.8) is 0 Å². The van der Waals surface area contributed by atoms with Crippen molar-refractivity contribution in [2.45, 2.75) is 6.92 Å². The number of rotatable bonds is 2. The molecule has 0 aliphatic heterocycles. The Kier molecular flexibility index (Phi) is 3.17. The molecule has 0 unspecified atom stereocenters. The van der Waals surface area contributed by atoms with E-state index in [0.717, 1.165) is 11.4 Å². The smallest absolute Gasteiger partial charge is 0.152 e. The number of hydrogen-bond acceptors (Lipinski definition) is 3. The van der Waals surface area contributed by atoms with E-state index in [4.69, 9.17) is 28.9 Å². The SMILES string of the molecule is Cc1nn(C)c(Nc2ccc(Cl)cc2Cl)c1N. The van der Waals surface area contributed by atoms with Gasteiger partial charge >= 0.3 is 0 Å². The van der Waals surface area contributed by atoms with Crippen LogP contribution >= 0.6 is 23.2 Å². The van der Waals surface area contributed by atoms with Crippen LogP contribution in [0.1, 0.15) is 5.69 Å². The van der Waals surface area contributed by atoms with E-state index in [9.17, 15) is 0 Å². The van der Waals surface area contributed by atoms with Crippen LogP contribution in [0.5, 0.6) is 0 Å². The molecule has 0 saturated carbocycles. The summed E-state index contributed by atoms with van der Waals surface area (Å²) in [6.07, 6.45) is 0. The molecule has 1 heterocycles. The van der Waals surface area contributed by atoms with Crippen LogP contribution in [-0.4, -0.2) is 9.78 Å². The fourth-order valence-corrected chi connectivity index (χ4v) is 2.00. The lowest BCUT2D eigenvalue weighted by atomic mass is 10.3. The van der Waals surface area contributed by atoms with Crippen molar-refractivity contribution < 1.29 is 0 Å². The third-order valence-corrected chi connectivity index (χ3v) is 3.00. The van der Waals surface area contributed by atoms with Gasteiger partial charge in [-0.3, -0.25) is 4.68 Å². The predicted molar refractivity (Wildman–Crippen MR) is 72.1 cm³/mol. The molecular formula is C11H12Cl2N4. The van der Waals surface area contributed by atoms with Gasteiger partial charge in [0.1, 0.15) is 0 Å². The van der Waals surface area contributed by atoms with Crippen LogP contribution < -0.4 is 11.1 Å². The Bertz CT molecular complexity index is 563. The Balaban J connectivity index is 2.38. The fourth-order valence-electron chi connectivity index (χ4n) is 1.54. The van der Waals surface area contributed by atoms with Crippen LogP contribution in [0.15, 0.2) is 18.2 Å². The fraction of sp³-hybridized carbons (Fsp3) is 0.182. The summed E-state index contributed by atoms with van der Waals surface area (Å²) in [5, 5.41) is 8.49. The topological polar surface area (TPSA) is 55.9 Å². The molecule has 0 saturated heterocycles. The van der Waals surface area contributed by atoms with Gasteiger partial charge in [-0.05, 0) is 25.1 Å². The maximum atomic E-state index is 6.07. The summed E-state index contributed by atoms with van der Waals surface area (Å²) in [5.74, 6) is 0.715. The zero-order chi connectivity index (χ0) is 12.6. The molecule has 17 heavy (non-hydrogen) atoms. The minimum Gasteiger partial charge on any atom is -0.394 e. The van der Waals surface area contributed by atoms with Crippen molar-refractivity contribution >= 4 is 40.4 Å². The van der Waals surface area contributed by atoms with Gasteiger partial charge in [0.05, 0.1) is 22.1 Å². The molecule has 0 amide bonds. The second-order valence-electron chi connectivity index (χ2n) is 3.72. The van der Waals surface area contributed by atoms with Gasteiger partial charge < -0.3 is 11.1 Å². The summed E-state index contributed by atoms with van der Waals surface area (Å²) in [6, 6.07) is 5.23. The summed E-state index contributed by atoms with van der Waals surface area (Å²) < 4.78 is 1.68. The molecule has 1 aromatic heterocycles. The number of aryl methyl sites for hydroxylation is 2. The van der Waals surface area contributed by atoms with Crippen molar-refractivity contribution in [1.82, 2.24) is 9.78 Å². The van der Waals surface area contributed by atoms with E-state index in [0.29, 0.717) is 21.6 Å². The first-order chi connectivity index (χ1) is 7.99. The summed E-state index contributed by atoms with van der Waals surface area (Å²) in [4.78, 5) is 0. The number of nitrogens with two attached hydrogens (primary N) is 1. The van der Waals surface area contributed by atoms with Crippen molar-refractivity contribution in [2.75, 3.05) is 11.1 Å². The molecule has 2 rings (SSSR count). The van der Waals surface area contributed by atoms with Gasteiger partial charge in [-0.25, -0.2) is 0 Å². The average Bonchev–Trinajstić information content (AvgIpc) is 2.48. The normalized spacial score (nSPS) is 10.6. The maximum Gasteiger partial charge on any atom is 0.152 e. The Morgan fingerprint density at radius 1 is 1.35 bits per heavy atom. The first-order valence-corrected chi connectivity index (χ1v) is 5.76. The van der Waals surface area contributed by atoms with Gasteiger partial charge in [-0.1, -0.05) is 23.2 Å². The van der Waals surface area contributed by atoms with Crippen LogP contribution in [0, 0.1) is 6.92 Å². The van der Waals surface area contributed by atoms with Gasteiger partial charge in [0.25, 0.3) is 0 Å². The molecule has 0 radical (unpaired) electrons. The lowest BCUT2D eigenvalue weighted by Crippen LogP contribution is -2.01. The van der Waals surface area contributed by atoms with Crippen molar-refractivity contribution in [3.8, 4) is 0 Å². The Morgan fingerprint density at radius 3 is 2.59 bits per heavy atom. The minimum absolute atomic E-state index is 0.538. The quantitative estimate of drug-likeness (QED) is 0.880. The highest BCUT2D eigenvalue weighted by Gasteiger charge is 2.11. The van der Waals surface area contributed by atoms with Gasteiger partial charge in [0.2, 0.25) is 0 Å². The predicted octanol–water partition coefficient (Wildman–Crippen LogP) is 3.36. The largest absolute Gasteiger partial charge is 0.394 e. The Hall–Kier alpha value is -1.39. The van der Waals surface area contributed by atoms with Crippen molar-refractivity contribution in [2.24, 2.45) is 7.05 Å². The molecule has 0 aliphatic carbocycles. The molecule has 4 nitrogen and oxygen atoms in total. The van der Waals surface area contributed by atoms with Gasteiger partial charge in [0, 0.05) is 12.1 Å². The van der Waals surface area contributed by atoms with Crippen LogP contribution in [0.25, 0.3) is 0 Å². The third kappa shape index (κ3) is 2.33. The number of anilines is 3. The Labute approximate surface area is 109 Å². The van der Waals surface area contributed by atoms with Crippen LogP contribution in [0.3, 0.4) is 0 Å². The lowest BCUT2D eigenvalue weighted by molar-refractivity contribution is 0.765. The second-order valence-corrected chi connectivity index (χ2v) is 4.56. The molecule has 0 bridgehead atoms. The van der Waals surface area contributed by atoms with E-state index in [1.165, 1.54) is 0 Å². The summed E-state index contributed by atoms with van der Waals surface area (Å²) in [5.41, 5.74) is 8.05. The third-order valence-electron chi connectivity index (χ3n) is 2.45. The maximum absolute atomic E-state index is 6.07.